The first-order valence-corrected chi connectivity index (χ1v) is 3.62. The number of aliphatic hydroxyl groups excluding tert-OH is 3. The molecule has 6 nitrogen and oxygen atoms in total. The molecule has 12 heavy (non-hydrogen) atoms. The van der Waals surface area contributed by atoms with Crippen molar-refractivity contribution in [2.24, 2.45) is 0 Å². The van der Waals surface area contributed by atoms with E-state index in [0.29, 0.717) is 0 Å². The van der Waals surface area contributed by atoms with Crippen LogP contribution in [-0.2, 0) is 9.47 Å². The van der Waals surface area contributed by atoms with E-state index in [1.54, 1.807) is 0 Å². The van der Waals surface area contributed by atoms with E-state index < -0.39 is 37.0 Å². The molecule has 0 amide bonds. The maximum atomic E-state index is 9.26. The second-order valence-electron chi connectivity index (χ2n) is 2.99. The summed E-state index contributed by atoms with van der Waals surface area (Å²) in [7, 11) is 0. The summed E-state index contributed by atoms with van der Waals surface area (Å²) in [6.45, 7) is -0.422. The quantitative estimate of drug-likeness (QED) is 0.322. The van der Waals surface area contributed by atoms with E-state index in [9.17, 15) is 15.3 Å². The van der Waals surface area contributed by atoms with Crippen molar-refractivity contribution in [3.8, 4) is 0 Å². The largest absolute Gasteiger partial charge is 0.394 e. The third-order valence-electron chi connectivity index (χ3n) is 2.18. The first-order chi connectivity index (χ1) is 5.59. The second kappa shape index (κ2) is 2.38. The molecule has 2 aliphatic rings. The fourth-order valence-electron chi connectivity index (χ4n) is 1.31. The van der Waals surface area contributed by atoms with Crippen LogP contribution in [0.4, 0.5) is 0 Å². The highest BCUT2D eigenvalue weighted by Crippen LogP contribution is 2.44. The Morgan fingerprint density at radius 2 is 2.00 bits per heavy atom. The smallest absolute Gasteiger partial charge is 0.250 e. The standard InChI is InChI=1S/C6H10O6/c7-1-2-3(8)4(9)6(10)5(11-2)12-6/h2-5,7-10H,1H2/t2-,3-,4+,5-,6+/m1/s1. The van der Waals surface area contributed by atoms with Gasteiger partial charge in [0.05, 0.1) is 6.61 Å². The summed E-state index contributed by atoms with van der Waals surface area (Å²) in [4.78, 5) is 0. The van der Waals surface area contributed by atoms with Gasteiger partial charge in [-0.05, 0) is 0 Å². The highest BCUT2D eigenvalue weighted by atomic mass is 16.9. The summed E-state index contributed by atoms with van der Waals surface area (Å²) in [5, 5.41) is 36.4. The molecule has 2 rings (SSSR count). The van der Waals surface area contributed by atoms with Gasteiger partial charge in [-0.3, -0.25) is 0 Å². The Morgan fingerprint density at radius 3 is 2.58 bits per heavy atom. The zero-order chi connectivity index (χ0) is 8.93. The van der Waals surface area contributed by atoms with Crippen LogP contribution in [0.2, 0.25) is 0 Å². The van der Waals surface area contributed by atoms with Crippen molar-refractivity contribution < 1.29 is 29.9 Å². The van der Waals surface area contributed by atoms with Gasteiger partial charge in [0.25, 0.3) is 0 Å². The Bertz CT molecular complexity index is 196. The zero-order valence-corrected chi connectivity index (χ0v) is 6.12. The van der Waals surface area contributed by atoms with Gasteiger partial charge in [0.2, 0.25) is 12.1 Å². The third kappa shape index (κ3) is 0.905. The van der Waals surface area contributed by atoms with Gasteiger partial charge in [-0.25, -0.2) is 0 Å². The number of fused-ring (bicyclic) bond motifs is 1. The van der Waals surface area contributed by atoms with Crippen LogP contribution < -0.4 is 0 Å². The number of aliphatic hydroxyl groups is 4. The predicted octanol–water partition coefficient (Wildman–Crippen LogP) is -2.86. The first-order valence-electron chi connectivity index (χ1n) is 3.62. The van der Waals surface area contributed by atoms with Crippen molar-refractivity contribution >= 4 is 0 Å². The van der Waals surface area contributed by atoms with Crippen LogP contribution in [0.3, 0.4) is 0 Å². The number of hydrogen-bond donors (Lipinski definition) is 4. The molecule has 0 unspecified atom stereocenters. The summed E-state index contributed by atoms with van der Waals surface area (Å²) in [6, 6.07) is 0. The molecule has 4 N–H and O–H groups in total. The minimum atomic E-state index is -1.77. The Labute approximate surface area is 68.0 Å². The lowest BCUT2D eigenvalue weighted by molar-refractivity contribution is -0.199. The summed E-state index contributed by atoms with van der Waals surface area (Å²) < 4.78 is 9.46. The summed E-state index contributed by atoms with van der Waals surface area (Å²) in [6.07, 6.45) is -4.56. The first kappa shape index (κ1) is 8.36. The molecule has 0 bridgehead atoms. The summed E-state index contributed by atoms with van der Waals surface area (Å²) in [5.74, 6) is -1.77. The Hall–Kier alpha value is -0.240. The molecule has 2 heterocycles. The SMILES string of the molecule is OC[C@H]1O[C@@H]2O[C@@]2(O)[C@@H](O)[C@@H]1O. The van der Waals surface area contributed by atoms with Gasteiger partial charge in [0.1, 0.15) is 18.3 Å². The van der Waals surface area contributed by atoms with E-state index >= 15 is 0 Å². The molecule has 0 aromatic heterocycles. The minimum absolute atomic E-state index is 0.422. The maximum Gasteiger partial charge on any atom is 0.250 e. The molecule has 0 spiro atoms. The molecule has 5 atom stereocenters. The van der Waals surface area contributed by atoms with Crippen molar-refractivity contribution in [2.45, 2.75) is 30.4 Å². The zero-order valence-electron chi connectivity index (χ0n) is 6.12. The lowest BCUT2D eigenvalue weighted by Gasteiger charge is -2.30. The van der Waals surface area contributed by atoms with Crippen molar-refractivity contribution in [1.82, 2.24) is 0 Å². The molecular formula is C6H10O6. The van der Waals surface area contributed by atoms with Crippen molar-refractivity contribution in [2.75, 3.05) is 6.61 Å². The van der Waals surface area contributed by atoms with Crippen LogP contribution in [0.25, 0.3) is 0 Å². The number of epoxide rings is 1. The lowest BCUT2D eigenvalue weighted by Crippen LogP contribution is -2.54. The molecule has 0 aromatic rings. The average Bonchev–Trinajstić information content (AvgIpc) is 2.71. The van der Waals surface area contributed by atoms with E-state index in [-0.39, 0.29) is 0 Å². The maximum absolute atomic E-state index is 9.26. The molecule has 0 saturated carbocycles. The minimum Gasteiger partial charge on any atom is -0.394 e. The lowest BCUT2D eigenvalue weighted by atomic mass is 10.0. The van der Waals surface area contributed by atoms with Gasteiger partial charge >= 0.3 is 0 Å². The monoisotopic (exact) mass is 178 g/mol. The van der Waals surface area contributed by atoms with Crippen LogP contribution in [0, 0.1) is 0 Å². The van der Waals surface area contributed by atoms with Gasteiger partial charge in [-0.15, -0.1) is 0 Å². The van der Waals surface area contributed by atoms with Crippen LogP contribution in [0.5, 0.6) is 0 Å². The van der Waals surface area contributed by atoms with Gasteiger partial charge in [-0.1, -0.05) is 0 Å². The van der Waals surface area contributed by atoms with Crippen molar-refractivity contribution in [1.29, 1.82) is 0 Å². The molecule has 0 radical (unpaired) electrons. The molecule has 0 aliphatic carbocycles. The Kier molecular flexibility index (Phi) is 1.66. The molecule has 2 aliphatic heterocycles. The second-order valence-corrected chi connectivity index (χ2v) is 2.99. The van der Waals surface area contributed by atoms with Crippen LogP contribution in [-0.4, -0.2) is 57.4 Å². The topological polar surface area (TPSA) is 103 Å². The Morgan fingerprint density at radius 1 is 1.33 bits per heavy atom. The highest BCUT2D eigenvalue weighted by molar-refractivity contribution is 5.03. The number of ether oxygens (including phenoxy) is 2. The van der Waals surface area contributed by atoms with Crippen LogP contribution in [0.1, 0.15) is 0 Å². The number of rotatable bonds is 1. The van der Waals surface area contributed by atoms with E-state index in [4.69, 9.17) is 9.84 Å². The average molecular weight is 178 g/mol. The van der Waals surface area contributed by atoms with Gasteiger partial charge in [-0.2, -0.15) is 0 Å². The normalized spacial score (nSPS) is 58.0. The van der Waals surface area contributed by atoms with E-state index in [0.717, 1.165) is 0 Å². The number of hydrogen-bond acceptors (Lipinski definition) is 6. The molecule has 0 aromatic carbocycles. The molecule has 6 heteroatoms. The predicted molar refractivity (Wildman–Crippen MR) is 33.8 cm³/mol. The third-order valence-corrected chi connectivity index (χ3v) is 2.18. The molecule has 2 fully saturated rings. The van der Waals surface area contributed by atoms with Gasteiger partial charge in [0, 0.05) is 0 Å². The van der Waals surface area contributed by atoms with Gasteiger partial charge < -0.3 is 29.9 Å². The molecule has 2 saturated heterocycles. The molecule has 70 valence electrons. The van der Waals surface area contributed by atoms with Crippen molar-refractivity contribution in [3.63, 3.8) is 0 Å². The van der Waals surface area contributed by atoms with Gasteiger partial charge in [0.15, 0.2) is 0 Å². The fraction of sp³-hybridized carbons (Fsp3) is 1.00. The summed E-state index contributed by atoms with van der Waals surface area (Å²) in [5.41, 5.74) is 0. The van der Waals surface area contributed by atoms with Crippen LogP contribution >= 0.6 is 0 Å². The van der Waals surface area contributed by atoms with Crippen molar-refractivity contribution in [3.05, 3.63) is 0 Å². The molecular weight excluding hydrogens is 168 g/mol. The van der Waals surface area contributed by atoms with E-state index in [1.165, 1.54) is 0 Å². The Balaban J connectivity index is 2.11. The highest BCUT2D eigenvalue weighted by Gasteiger charge is 2.69. The summed E-state index contributed by atoms with van der Waals surface area (Å²) >= 11 is 0. The van der Waals surface area contributed by atoms with Crippen LogP contribution in [0.15, 0.2) is 0 Å². The van der Waals surface area contributed by atoms with E-state index in [1.807, 2.05) is 0 Å². The van der Waals surface area contributed by atoms with E-state index in [2.05, 4.69) is 4.74 Å². The fourth-order valence-corrected chi connectivity index (χ4v) is 1.31.